The Morgan fingerprint density at radius 2 is 2.13 bits per heavy atom. The van der Waals surface area contributed by atoms with Crippen molar-refractivity contribution in [3.8, 4) is 0 Å². The molecule has 15 heavy (non-hydrogen) atoms. The summed E-state index contributed by atoms with van der Waals surface area (Å²) in [4.78, 5) is 12.3. The maximum absolute atomic E-state index is 10.7. The Hall–Kier alpha value is -1.59. The Labute approximate surface area is 87.1 Å². The molecule has 1 fully saturated rings. The molecule has 1 aromatic heterocycles. The number of nitrogens with zero attached hydrogens (tertiary/aromatic N) is 3. The Morgan fingerprint density at radius 1 is 1.47 bits per heavy atom. The van der Waals surface area contributed by atoms with Gasteiger partial charge in [0.2, 0.25) is 0 Å². The van der Waals surface area contributed by atoms with Gasteiger partial charge in [-0.1, -0.05) is 0 Å². The first-order valence-corrected chi connectivity index (χ1v) is 5.07. The fourth-order valence-electron chi connectivity index (χ4n) is 2.02. The Balaban J connectivity index is 1.96. The minimum absolute atomic E-state index is 0.200. The van der Waals surface area contributed by atoms with Crippen LogP contribution in [0.4, 0.5) is 5.82 Å². The van der Waals surface area contributed by atoms with Crippen molar-refractivity contribution >= 4 is 11.8 Å². The average Bonchev–Trinajstić information content (AvgIpc) is 2.65. The van der Waals surface area contributed by atoms with Crippen LogP contribution >= 0.6 is 0 Å². The van der Waals surface area contributed by atoms with E-state index in [-0.39, 0.29) is 12.0 Å². The maximum Gasteiger partial charge on any atom is 0.306 e. The van der Waals surface area contributed by atoms with E-state index >= 15 is 0 Å². The van der Waals surface area contributed by atoms with Crippen LogP contribution in [0, 0.1) is 5.92 Å². The Bertz CT molecular complexity index is 355. The molecule has 0 atom stereocenters. The van der Waals surface area contributed by atoms with E-state index < -0.39 is 5.97 Å². The summed E-state index contributed by atoms with van der Waals surface area (Å²) >= 11 is 0. The lowest BCUT2D eigenvalue weighted by Gasteiger charge is -2.25. The summed E-state index contributed by atoms with van der Waals surface area (Å²) in [5, 5.41) is 16.9. The summed E-state index contributed by atoms with van der Waals surface area (Å²) in [7, 11) is 0. The van der Waals surface area contributed by atoms with E-state index in [2.05, 4.69) is 10.2 Å². The number of hydrogen-bond donors (Lipinski definition) is 2. The van der Waals surface area contributed by atoms with Crippen LogP contribution in [0.1, 0.15) is 31.7 Å². The van der Waals surface area contributed by atoms with Crippen LogP contribution < -0.4 is 5.73 Å². The van der Waals surface area contributed by atoms with Gasteiger partial charge in [-0.3, -0.25) is 4.79 Å². The number of hydrogen-bond acceptors (Lipinski definition) is 4. The number of aromatic nitrogens is 3. The molecule has 0 amide bonds. The quantitative estimate of drug-likeness (QED) is 0.748. The van der Waals surface area contributed by atoms with Crippen molar-refractivity contribution in [2.75, 3.05) is 5.73 Å². The van der Waals surface area contributed by atoms with Crippen LogP contribution in [0.5, 0.6) is 0 Å². The molecule has 1 heterocycles. The first-order valence-electron chi connectivity index (χ1n) is 5.07. The van der Waals surface area contributed by atoms with E-state index in [1.807, 2.05) is 0 Å². The van der Waals surface area contributed by atoms with E-state index in [4.69, 9.17) is 10.8 Å². The highest BCUT2D eigenvalue weighted by Crippen LogP contribution is 2.31. The zero-order chi connectivity index (χ0) is 10.8. The van der Waals surface area contributed by atoms with Gasteiger partial charge >= 0.3 is 5.97 Å². The van der Waals surface area contributed by atoms with Crippen molar-refractivity contribution in [2.24, 2.45) is 5.92 Å². The lowest BCUT2D eigenvalue weighted by Crippen LogP contribution is -2.24. The molecule has 0 aliphatic heterocycles. The van der Waals surface area contributed by atoms with Crippen molar-refractivity contribution in [1.82, 2.24) is 15.0 Å². The third-order valence-electron chi connectivity index (χ3n) is 2.90. The third kappa shape index (κ3) is 2.08. The molecule has 6 heteroatoms. The molecule has 0 radical (unpaired) electrons. The van der Waals surface area contributed by atoms with Gasteiger partial charge in [0.15, 0.2) is 5.82 Å². The number of aliphatic carboxylic acids is 1. The summed E-state index contributed by atoms with van der Waals surface area (Å²) in [5.41, 5.74) is 5.47. The average molecular weight is 210 g/mol. The van der Waals surface area contributed by atoms with Gasteiger partial charge in [0.05, 0.1) is 18.2 Å². The van der Waals surface area contributed by atoms with E-state index in [1.165, 1.54) is 6.20 Å². The highest BCUT2D eigenvalue weighted by molar-refractivity contribution is 5.69. The van der Waals surface area contributed by atoms with Crippen LogP contribution in [0.2, 0.25) is 0 Å². The number of carboxylic acids is 1. The molecule has 2 rings (SSSR count). The van der Waals surface area contributed by atoms with Crippen LogP contribution in [0.25, 0.3) is 0 Å². The molecule has 6 nitrogen and oxygen atoms in total. The molecule has 0 saturated heterocycles. The molecule has 0 aromatic carbocycles. The van der Waals surface area contributed by atoms with Crippen molar-refractivity contribution in [3.05, 3.63) is 6.20 Å². The molecule has 82 valence electrons. The monoisotopic (exact) mass is 210 g/mol. The van der Waals surface area contributed by atoms with E-state index in [0.717, 1.165) is 12.8 Å². The fraction of sp³-hybridized carbons (Fsp3) is 0.667. The highest BCUT2D eigenvalue weighted by atomic mass is 16.4. The van der Waals surface area contributed by atoms with E-state index in [1.54, 1.807) is 4.80 Å². The van der Waals surface area contributed by atoms with Crippen molar-refractivity contribution in [3.63, 3.8) is 0 Å². The molecule has 1 aliphatic rings. The molecule has 0 unspecified atom stereocenters. The third-order valence-corrected chi connectivity index (χ3v) is 2.90. The number of nitrogens with two attached hydrogens (primary N) is 1. The number of nitrogen functional groups attached to an aromatic ring is 1. The highest BCUT2D eigenvalue weighted by Gasteiger charge is 2.27. The Morgan fingerprint density at radius 3 is 2.60 bits per heavy atom. The molecule has 1 aliphatic carbocycles. The zero-order valence-corrected chi connectivity index (χ0v) is 8.33. The van der Waals surface area contributed by atoms with Gasteiger partial charge in [-0.05, 0) is 25.7 Å². The number of rotatable bonds is 2. The van der Waals surface area contributed by atoms with Crippen LogP contribution in [-0.4, -0.2) is 26.1 Å². The second kappa shape index (κ2) is 3.88. The molecule has 1 aromatic rings. The first kappa shape index (κ1) is 9.95. The maximum atomic E-state index is 10.7. The topological polar surface area (TPSA) is 94.0 Å². The summed E-state index contributed by atoms with van der Waals surface area (Å²) < 4.78 is 0. The van der Waals surface area contributed by atoms with Gasteiger partial charge < -0.3 is 10.8 Å². The Kier molecular flexibility index (Phi) is 2.57. The fourth-order valence-corrected chi connectivity index (χ4v) is 2.02. The van der Waals surface area contributed by atoms with Crippen LogP contribution in [-0.2, 0) is 4.79 Å². The number of carboxylic acid groups (broad SMARTS) is 1. The summed E-state index contributed by atoms with van der Waals surface area (Å²) in [6.45, 7) is 0. The molecular formula is C9H14N4O2. The van der Waals surface area contributed by atoms with Gasteiger partial charge in [0.25, 0.3) is 0 Å². The lowest BCUT2D eigenvalue weighted by atomic mass is 9.86. The molecule has 1 saturated carbocycles. The predicted octanol–water partition coefficient (Wildman–Crippen LogP) is 0.676. The standard InChI is InChI=1S/C9H14N4O2/c10-8-5-11-13(12-8)7-3-1-6(2-4-7)9(14)15/h5-7H,1-4H2,(H2,10,12)(H,14,15). The predicted molar refractivity (Wildman–Crippen MR) is 53.1 cm³/mol. The molecule has 0 spiro atoms. The number of anilines is 1. The van der Waals surface area contributed by atoms with E-state index in [0.29, 0.717) is 18.7 Å². The number of carbonyl (C=O) groups is 1. The second-order valence-corrected chi connectivity index (χ2v) is 3.93. The zero-order valence-electron chi connectivity index (χ0n) is 8.33. The van der Waals surface area contributed by atoms with E-state index in [9.17, 15) is 4.79 Å². The normalized spacial score (nSPS) is 26.4. The SMILES string of the molecule is Nc1cnn(C2CCC(C(=O)O)CC2)n1. The van der Waals surface area contributed by atoms with Crippen LogP contribution in [0.3, 0.4) is 0 Å². The first-order chi connectivity index (χ1) is 7.16. The lowest BCUT2D eigenvalue weighted by molar-refractivity contribution is -0.143. The van der Waals surface area contributed by atoms with Crippen LogP contribution in [0.15, 0.2) is 6.20 Å². The van der Waals surface area contributed by atoms with Gasteiger partial charge in [-0.25, -0.2) is 0 Å². The van der Waals surface area contributed by atoms with Gasteiger partial charge in [-0.15, -0.1) is 5.10 Å². The minimum Gasteiger partial charge on any atom is -0.481 e. The molecule has 0 bridgehead atoms. The van der Waals surface area contributed by atoms with Gasteiger partial charge in [-0.2, -0.15) is 9.90 Å². The minimum atomic E-state index is -0.693. The second-order valence-electron chi connectivity index (χ2n) is 3.93. The van der Waals surface area contributed by atoms with Gasteiger partial charge in [0, 0.05) is 0 Å². The largest absolute Gasteiger partial charge is 0.481 e. The van der Waals surface area contributed by atoms with Crippen molar-refractivity contribution in [2.45, 2.75) is 31.7 Å². The summed E-state index contributed by atoms with van der Waals surface area (Å²) in [6, 6.07) is 0.206. The van der Waals surface area contributed by atoms with Crippen molar-refractivity contribution in [1.29, 1.82) is 0 Å². The smallest absolute Gasteiger partial charge is 0.306 e. The van der Waals surface area contributed by atoms with Gasteiger partial charge in [0.1, 0.15) is 0 Å². The summed E-state index contributed by atoms with van der Waals surface area (Å²) in [5.74, 6) is -0.481. The van der Waals surface area contributed by atoms with Crippen molar-refractivity contribution < 1.29 is 9.90 Å². The molecule has 3 N–H and O–H groups in total. The molecular weight excluding hydrogens is 196 g/mol. The summed E-state index contributed by atoms with van der Waals surface area (Å²) in [6.07, 6.45) is 4.53.